The molecule has 0 saturated carbocycles. The highest BCUT2D eigenvalue weighted by Crippen LogP contribution is 2.51. The SMILES string of the molecule is CCCP(=O)(Cc1c(F)cccc1F)OCC. The molecule has 0 aliphatic heterocycles. The normalized spacial score (nSPS) is 14.6. The lowest BCUT2D eigenvalue weighted by atomic mass is 10.2. The summed E-state index contributed by atoms with van der Waals surface area (Å²) in [5.41, 5.74) is -0.141. The highest BCUT2D eigenvalue weighted by atomic mass is 31.2. The molecule has 0 N–H and O–H groups in total. The molecule has 1 aromatic rings. The molecule has 5 heteroatoms. The molecule has 1 aromatic carbocycles. The molecule has 1 rings (SSSR count). The molecule has 96 valence electrons. The van der Waals surface area contributed by atoms with Gasteiger partial charge in [0.2, 0.25) is 7.37 Å². The van der Waals surface area contributed by atoms with Crippen molar-refractivity contribution in [2.75, 3.05) is 12.8 Å². The molecule has 0 heterocycles. The average molecular weight is 262 g/mol. The molecule has 0 fully saturated rings. The summed E-state index contributed by atoms with van der Waals surface area (Å²) in [6, 6.07) is 3.63. The highest BCUT2D eigenvalue weighted by molar-refractivity contribution is 7.58. The van der Waals surface area contributed by atoms with E-state index in [1.807, 2.05) is 6.92 Å². The van der Waals surface area contributed by atoms with E-state index in [4.69, 9.17) is 4.52 Å². The molecule has 0 aromatic heterocycles. The summed E-state index contributed by atoms with van der Waals surface area (Å²) in [5.74, 6) is -1.33. The topological polar surface area (TPSA) is 26.3 Å². The summed E-state index contributed by atoms with van der Waals surface area (Å²) in [6.45, 7) is 3.87. The molecule has 17 heavy (non-hydrogen) atoms. The fourth-order valence-electron chi connectivity index (χ4n) is 1.69. The zero-order valence-electron chi connectivity index (χ0n) is 10.1. The van der Waals surface area contributed by atoms with E-state index in [2.05, 4.69) is 0 Å². The zero-order chi connectivity index (χ0) is 12.9. The summed E-state index contributed by atoms with van der Waals surface area (Å²) in [5, 5.41) is 0. The Morgan fingerprint density at radius 3 is 2.29 bits per heavy atom. The van der Waals surface area contributed by atoms with E-state index in [-0.39, 0.29) is 18.3 Å². The van der Waals surface area contributed by atoms with Gasteiger partial charge in [0.25, 0.3) is 0 Å². The van der Waals surface area contributed by atoms with Crippen LogP contribution in [0.5, 0.6) is 0 Å². The molecule has 0 radical (unpaired) electrons. The predicted molar refractivity (Wildman–Crippen MR) is 64.5 cm³/mol. The third kappa shape index (κ3) is 3.90. The van der Waals surface area contributed by atoms with E-state index in [0.29, 0.717) is 12.6 Å². The van der Waals surface area contributed by atoms with Gasteiger partial charge in [-0.3, -0.25) is 4.57 Å². The second-order valence-corrected chi connectivity index (χ2v) is 6.46. The Kier molecular flexibility index (Phi) is 5.29. The molecule has 0 spiro atoms. The first-order valence-electron chi connectivity index (χ1n) is 5.68. The molecular weight excluding hydrogens is 245 g/mol. The van der Waals surface area contributed by atoms with Gasteiger partial charge in [-0.1, -0.05) is 13.0 Å². The lowest BCUT2D eigenvalue weighted by Gasteiger charge is -2.17. The molecule has 0 bridgehead atoms. The van der Waals surface area contributed by atoms with Crippen LogP contribution in [0.25, 0.3) is 0 Å². The fourth-order valence-corrected chi connectivity index (χ4v) is 4.00. The molecule has 0 aliphatic rings. The summed E-state index contributed by atoms with van der Waals surface area (Å²) in [4.78, 5) is 0. The van der Waals surface area contributed by atoms with Gasteiger partial charge in [-0.05, 0) is 25.5 Å². The smallest absolute Gasteiger partial charge is 0.207 e. The Bertz CT molecular complexity index is 391. The van der Waals surface area contributed by atoms with Gasteiger partial charge in [-0.2, -0.15) is 0 Å². The Labute approximate surface area is 100 Å². The van der Waals surface area contributed by atoms with Gasteiger partial charge in [0.05, 0.1) is 12.8 Å². The second kappa shape index (κ2) is 6.27. The van der Waals surface area contributed by atoms with Crippen LogP contribution in [-0.2, 0) is 15.3 Å². The van der Waals surface area contributed by atoms with Crippen molar-refractivity contribution in [1.29, 1.82) is 0 Å². The molecule has 1 atom stereocenters. The van der Waals surface area contributed by atoms with Crippen LogP contribution in [0.3, 0.4) is 0 Å². The van der Waals surface area contributed by atoms with E-state index < -0.39 is 19.0 Å². The first-order valence-corrected chi connectivity index (χ1v) is 7.67. The number of halogens is 2. The van der Waals surface area contributed by atoms with Crippen molar-refractivity contribution in [1.82, 2.24) is 0 Å². The van der Waals surface area contributed by atoms with Crippen LogP contribution >= 0.6 is 7.37 Å². The lowest BCUT2D eigenvalue weighted by molar-refractivity contribution is 0.330. The van der Waals surface area contributed by atoms with Crippen LogP contribution < -0.4 is 0 Å². The van der Waals surface area contributed by atoms with Crippen LogP contribution in [0.15, 0.2) is 18.2 Å². The molecule has 0 amide bonds. The molecule has 0 saturated heterocycles. The van der Waals surface area contributed by atoms with Crippen LogP contribution in [0.2, 0.25) is 0 Å². The van der Waals surface area contributed by atoms with Gasteiger partial charge in [0.1, 0.15) is 11.6 Å². The predicted octanol–water partition coefficient (Wildman–Crippen LogP) is 4.19. The van der Waals surface area contributed by atoms with Crippen LogP contribution in [0.1, 0.15) is 25.8 Å². The van der Waals surface area contributed by atoms with Gasteiger partial charge < -0.3 is 4.52 Å². The maximum Gasteiger partial charge on any atom is 0.207 e. The van der Waals surface area contributed by atoms with Crippen molar-refractivity contribution in [3.05, 3.63) is 35.4 Å². The Balaban J connectivity index is 2.97. The van der Waals surface area contributed by atoms with Gasteiger partial charge in [-0.25, -0.2) is 8.78 Å². The number of benzene rings is 1. The summed E-state index contributed by atoms with van der Waals surface area (Å²) in [6.07, 6.45) is 0.829. The third-order valence-electron chi connectivity index (χ3n) is 2.39. The maximum atomic E-state index is 13.4. The Hall–Kier alpha value is -0.730. The third-order valence-corrected chi connectivity index (χ3v) is 5.04. The van der Waals surface area contributed by atoms with E-state index in [1.165, 1.54) is 18.2 Å². The molecule has 2 nitrogen and oxygen atoms in total. The summed E-state index contributed by atoms with van der Waals surface area (Å²) < 4.78 is 44.4. The van der Waals surface area contributed by atoms with Crippen molar-refractivity contribution in [2.24, 2.45) is 0 Å². The van der Waals surface area contributed by atoms with Gasteiger partial charge in [0, 0.05) is 11.7 Å². The summed E-state index contributed by atoms with van der Waals surface area (Å²) in [7, 11) is -2.98. The van der Waals surface area contributed by atoms with Crippen LogP contribution in [-0.4, -0.2) is 12.8 Å². The van der Waals surface area contributed by atoms with Crippen molar-refractivity contribution in [3.63, 3.8) is 0 Å². The van der Waals surface area contributed by atoms with Crippen molar-refractivity contribution < 1.29 is 17.9 Å². The van der Waals surface area contributed by atoms with Gasteiger partial charge in [-0.15, -0.1) is 0 Å². The van der Waals surface area contributed by atoms with E-state index >= 15 is 0 Å². The minimum Gasteiger partial charge on any atom is -0.329 e. The minimum atomic E-state index is -2.98. The lowest BCUT2D eigenvalue weighted by Crippen LogP contribution is -2.02. The van der Waals surface area contributed by atoms with Crippen LogP contribution in [0, 0.1) is 11.6 Å². The Morgan fingerprint density at radius 2 is 1.82 bits per heavy atom. The van der Waals surface area contributed by atoms with E-state index in [9.17, 15) is 13.3 Å². The second-order valence-electron chi connectivity index (χ2n) is 3.81. The Morgan fingerprint density at radius 1 is 1.24 bits per heavy atom. The maximum absolute atomic E-state index is 13.4. The molecular formula is C12H17F2O2P. The standard InChI is InChI=1S/C12H17F2O2P/c1-3-8-17(15,16-4-2)9-10-11(13)6-5-7-12(10)14/h5-7H,3-4,8-9H2,1-2H3. The minimum absolute atomic E-state index is 0.141. The van der Waals surface area contributed by atoms with Crippen molar-refractivity contribution in [3.8, 4) is 0 Å². The van der Waals surface area contributed by atoms with E-state index in [1.54, 1.807) is 6.92 Å². The average Bonchev–Trinajstić information content (AvgIpc) is 2.24. The van der Waals surface area contributed by atoms with E-state index in [0.717, 1.165) is 0 Å². The van der Waals surface area contributed by atoms with Gasteiger partial charge >= 0.3 is 0 Å². The highest BCUT2D eigenvalue weighted by Gasteiger charge is 2.25. The number of rotatable bonds is 6. The quantitative estimate of drug-likeness (QED) is 0.718. The van der Waals surface area contributed by atoms with Crippen LogP contribution in [0.4, 0.5) is 8.78 Å². The van der Waals surface area contributed by atoms with Gasteiger partial charge in [0.15, 0.2) is 0 Å². The molecule has 1 unspecified atom stereocenters. The fraction of sp³-hybridized carbons (Fsp3) is 0.500. The summed E-state index contributed by atoms with van der Waals surface area (Å²) >= 11 is 0. The zero-order valence-corrected chi connectivity index (χ0v) is 11.0. The first-order chi connectivity index (χ1) is 8.02. The molecule has 0 aliphatic carbocycles. The number of hydrogen-bond acceptors (Lipinski definition) is 2. The number of hydrogen-bond donors (Lipinski definition) is 0. The van der Waals surface area contributed by atoms with Crippen molar-refractivity contribution >= 4 is 7.37 Å². The first kappa shape index (κ1) is 14.3. The monoisotopic (exact) mass is 262 g/mol. The van der Waals surface area contributed by atoms with Crippen molar-refractivity contribution in [2.45, 2.75) is 26.4 Å². The largest absolute Gasteiger partial charge is 0.329 e.